The van der Waals surface area contributed by atoms with Crippen LogP contribution in [0.15, 0.2) is 0 Å². The molecule has 4 heteroatoms. The molecule has 0 bridgehead atoms. The molecular weight excluding hydrogens is 216 g/mol. The summed E-state index contributed by atoms with van der Waals surface area (Å²) in [6.07, 6.45) is 3.52. The van der Waals surface area contributed by atoms with E-state index in [-0.39, 0.29) is 0 Å². The zero-order valence-electron chi connectivity index (χ0n) is 10.4. The number of nitrogens with zero attached hydrogens (tertiary/aromatic N) is 2. The minimum absolute atomic E-state index is 0.343. The Hall–Kier alpha value is -0.610. The van der Waals surface area contributed by atoms with E-state index in [2.05, 4.69) is 9.80 Å². The van der Waals surface area contributed by atoms with E-state index >= 15 is 0 Å². The predicted octanol–water partition coefficient (Wildman–Crippen LogP) is 0.577. The van der Waals surface area contributed by atoms with Crippen molar-refractivity contribution in [2.75, 3.05) is 45.9 Å². The number of amides is 1. The van der Waals surface area contributed by atoms with Crippen molar-refractivity contribution in [2.45, 2.75) is 19.3 Å². The van der Waals surface area contributed by atoms with Crippen LogP contribution in [-0.2, 0) is 9.53 Å². The highest BCUT2D eigenvalue weighted by atomic mass is 16.5. The van der Waals surface area contributed by atoms with Crippen molar-refractivity contribution in [3.63, 3.8) is 0 Å². The molecule has 17 heavy (non-hydrogen) atoms. The van der Waals surface area contributed by atoms with E-state index in [0.717, 1.165) is 52.4 Å². The van der Waals surface area contributed by atoms with Crippen molar-refractivity contribution >= 4 is 5.91 Å². The summed E-state index contributed by atoms with van der Waals surface area (Å²) in [5, 5.41) is 0. The van der Waals surface area contributed by atoms with Gasteiger partial charge in [-0.25, -0.2) is 0 Å². The average Bonchev–Trinajstić information content (AvgIpc) is 2.92. The maximum Gasteiger partial charge on any atom is 0.226 e. The molecule has 3 aliphatic rings. The van der Waals surface area contributed by atoms with Gasteiger partial charge in [0.05, 0.1) is 13.2 Å². The van der Waals surface area contributed by atoms with Gasteiger partial charge in [-0.2, -0.15) is 0 Å². The van der Waals surface area contributed by atoms with Gasteiger partial charge in [0, 0.05) is 38.6 Å². The molecule has 1 aliphatic carbocycles. The molecule has 2 saturated heterocycles. The summed E-state index contributed by atoms with van der Waals surface area (Å²) in [6.45, 7) is 6.91. The standard InChI is InChI=1S/C13H22N2O2/c16-13(15-3-1-2-4-15)12-9-11(12)10-14-5-7-17-8-6-14/h11-12H,1-10H2. The second-order valence-electron chi connectivity index (χ2n) is 5.55. The first-order chi connectivity index (χ1) is 8.34. The SMILES string of the molecule is O=C(C1CC1CN1CCOCC1)N1CCCC1. The highest BCUT2D eigenvalue weighted by molar-refractivity contribution is 5.81. The van der Waals surface area contributed by atoms with Gasteiger partial charge in [0.2, 0.25) is 5.91 Å². The molecule has 0 aromatic heterocycles. The molecule has 0 N–H and O–H groups in total. The van der Waals surface area contributed by atoms with Crippen LogP contribution in [0, 0.1) is 11.8 Å². The Morgan fingerprint density at radius 3 is 2.53 bits per heavy atom. The molecule has 0 aromatic carbocycles. The summed E-state index contributed by atoms with van der Waals surface area (Å²) in [5.74, 6) is 1.40. The highest BCUT2D eigenvalue weighted by Crippen LogP contribution is 2.41. The number of carbonyl (C=O) groups excluding carboxylic acids is 1. The van der Waals surface area contributed by atoms with Crippen molar-refractivity contribution in [3.05, 3.63) is 0 Å². The number of hydrogen-bond acceptors (Lipinski definition) is 3. The van der Waals surface area contributed by atoms with Gasteiger partial charge in [-0.05, 0) is 25.2 Å². The Bertz CT molecular complexity index is 283. The van der Waals surface area contributed by atoms with Crippen molar-refractivity contribution < 1.29 is 9.53 Å². The summed E-state index contributed by atoms with van der Waals surface area (Å²) < 4.78 is 5.34. The molecule has 4 nitrogen and oxygen atoms in total. The topological polar surface area (TPSA) is 32.8 Å². The van der Waals surface area contributed by atoms with Gasteiger partial charge >= 0.3 is 0 Å². The molecule has 0 spiro atoms. The first kappa shape index (κ1) is 11.5. The van der Waals surface area contributed by atoms with Crippen molar-refractivity contribution in [1.82, 2.24) is 9.80 Å². The highest BCUT2D eigenvalue weighted by Gasteiger charge is 2.45. The smallest absolute Gasteiger partial charge is 0.226 e. The Labute approximate surface area is 103 Å². The van der Waals surface area contributed by atoms with Crippen molar-refractivity contribution in [1.29, 1.82) is 0 Å². The minimum atomic E-state index is 0.343. The first-order valence-corrected chi connectivity index (χ1v) is 6.93. The molecule has 96 valence electrons. The van der Waals surface area contributed by atoms with Gasteiger partial charge in [0.15, 0.2) is 0 Å². The maximum atomic E-state index is 12.1. The minimum Gasteiger partial charge on any atom is -0.379 e. The molecule has 2 unspecified atom stereocenters. The van der Waals surface area contributed by atoms with Crippen LogP contribution in [-0.4, -0.2) is 61.6 Å². The van der Waals surface area contributed by atoms with Gasteiger partial charge in [-0.3, -0.25) is 9.69 Å². The third-order valence-corrected chi connectivity index (χ3v) is 4.25. The van der Waals surface area contributed by atoms with E-state index < -0.39 is 0 Å². The number of ether oxygens (including phenoxy) is 1. The number of hydrogen-bond donors (Lipinski definition) is 0. The predicted molar refractivity (Wildman–Crippen MR) is 64.7 cm³/mol. The zero-order chi connectivity index (χ0) is 11.7. The number of likely N-dealkylation sites (tertiary alicyclic amines) is 1. The van der Waals surface area contributed by atoms with Crippen LogP contribution in [0.1, 0.15) is 19.3 Å². The molecule has 0 aromatic rings. The molecule has 2 aliphatic heterocycles. The maximum absolute atomic E-state index is 12.1. The first-order valence-electron chi connectivity index (χ1n) is 6.93. The monoisotopic (exact) mass is 238 g/mol. The quantitative estimate of drug-likeness (QED) is 0.721. The van der Waals surface area contributed by atoms with Crippen LogP contribution in [0.3, 0.4) is 0 Å². The fourth-order valence-electron chi connectivity index (χ4n) is 3.04. The molecule has 3 fully saturated rings. The van der Waals surface area contributed by atoms with E-state index in [1.165, 1.54) is 12.8 Å². The van der Waals surface area contributed by atoms with Crippen molar-refractivity contribution in [3.8, 4) is 0 Å². The van der Waals surface area contributed by atoms with Crippen molar-refractivity contribution in [2.24, 2.45) is 11.8 Å². The Balaban J connectivity index is 1.44. The number of carbonyl (C=O) groups is 1. The fraction of sp³-hybridized carbons (Fsp3) is 0.923. The van der Waals surface area contributed by atoms with Crippen LogP contribution >= 0.6 is 0 Å². The summed E-state index contributed by atoms with van der Waals surface area (Å²) in [5.41, 5.74) is 0. The van der Waals surface area contributed by atoms with Gasteiger partial charge in [-0.15, -0.1) is 0 Å². The van der Waals surface area contributed by atoms with E-state index in [4.69, 9.17) is 4.74 Å². The lowest BCUT2D eigenvalue weighted by atomic mass is 10.2. The van der Waals surface area contributed by atoms with E-state index in [1.54, 1.807) is 0 Å². The van der Waals surface area contributed by atoms with Gasteiger partial charge in [0.1, 0.15) is 0 Å². The lowest BCUT2D eigenvalue weighted by molar-refractivity contribution is -0.131. The second kappa shape index (κ2) is 4.94. The van der Waals surface area contributed by atoms with Crippen LogP contribution in [0.25, 0.3) is 0 Å². The second-order valence-corrected chi connectivity index (χ2v) is 5.55. The Kier molecular flexibility index (Phi) is 3.34. The zero-order valence-corrected chi connectivity index (χ0v) is 10.4. The van der Waals surface area contributed by atoms with E-state index in [1.807, 2.05) is 0 Å². The third kappa shape index (κ3) is 2.63. The van der Waals surface area contributed by atoms with Crippen LogP contribution in [0.5, 0.6) is 0 Å². The normalized spacial score (nSPS) is 34.0. The van der Waals surface area contributed by atoms with Gasteiger partial charge < -0.3 is 9.64 Å². The van der Waals surface area contributed by atoms with Gasteiger partial charge in [0.25, 0.3) is 0 Å². The Morgan fingerprint density at radius 2 is 1.82 bits per heavy atom. The van der Waals surface area contributed by atoms with E-state index in [9.17, 15) is 4.79 Å². The lowest BCUT2D eigenvalue weighted by Crippen LogP contribution is -2.38. The van der Waals surface area contributed by atoms with Crippen LogP contribution < -0.4 is 0 Å². The lowest BCUT2D eigenvalue weighted by Gasteiger charge is -2.26. The molecule has 0 radical (unpaired) electrons. The molecule has 2 heterocycles. The number of morpholine rings is 1. The fourth-order valence-corrected chi connectivity index (χ4v) is 3.04. The third-order valence-electron chi connectivity index (χ3n) is 4.25. The largest absolute Gasteiger partial charge is 0.379 e. The van der Waals surface area contributed by atoms with E-state index in [0.29, 0.717) is 17.7 Å². The average molecular weight is 238 g/mol. The summed E-state index contributed by atoms with van der Waals surface area (Å²) in [7, 11) is 0. The van der Waals surface area contributed by atoms with Crippen LogP contribution in [0.4, 0.5) is 0 Å². The molecule has 1 saturated carbocycles. The molecule has 1 amide bonds. The Morgan fingerprint density at radius 1 is 1.12 bits per heavy atom. The summed E-state index contributed by atoms with van der Waals surface area (Å²) in [4.78, 5) is 16.7. The summed E-state index contributed by atoms with van der Waals surface area (Å²) >= 11 is 0. The molecular formula is C13H22N2O2. The van der Waals surface area contributed by atoms with Gasteiger partial charge in [-0.1, -0.05) is 0 Å². The molecule has 3 rings (SSSR count). The molecule has 2 atom stereocenters. The van der Waals surface area contributed by atoms with Crippen LogP contribution in [0.2, 0.25) is 0 Å². The summed E-state index contributed by atoms with van der Waals surface area (Å²) in [6, 6.07) is 0. The number of rotatable bonds is 3.